The molecule has 332 valence electrons. The van der Waals surface area contributed by atoms with Crippen molar-refractivity contribution < 1.29 is 64.1 Å². The summed E-state index contributed by atoms with van der Waals surface area (Å²) in [5.74, 6) is -3.49. The predicted octanol–water partition coefficient (Wildman–Crippen LogP) is 7.24. The topological polar surface area (TPSA) is 220 Å². The molecule has 0 spiro atoms. The Kier molecular flexibility index (Phi) is 37.0. The van der Waals surface area contributed by atoms with E-state index in [-0.39, 0.29) is 73.2 Å². The van der Waals surface area contributed by atoms with E-state index in [2.05, 4.69) is 27.7 Å². The van der Waals surface area contributed by atoms with E-state index in [4.69, 9.17) is 18.9 Å². The van der Waals surface area contributed by atoms with Crippen LogP contribution in [0.1, 0.15) is 171 Å². The zero-order valence-corrected chi connectivity index (χ0v) is 39.3. The van der Waals surface area contributed by atoms with Gasteiger partial charge in [0.15, 0.2) is 10.5 Å². The van der Waals surface area contributed by atoms with Crippen LogP contribution in [0.3, 0.4) is 0 Å². The van der Waals surface area contributed by atoms with Crippen LogP contribution >= 0.6 is 0 Å². The van der Waals surface area contributed by atoms with Gasteiger partial charge in [0.05, 0.1) is 39.3 Å². The molecule has 0 N–H and O–H groups in total. The third kappa shape index (κ3) is 30.2. The van der Waals surface area contributed by atoms with Crippen molar-refractivity contribution in [3.05, 3.63) is 0 Å². The molecule has 0 aliphatic carbocycles. The molecule has 0 heterocycles. The van der Waals surface area contributed by atoms with E-state index < -0.39 is 67.5 Å². The van der Waals surface area contributed by atoms with Crippen molar-refractivity contribution in [2.75, 3.05) is 26.4 Å². The first-order valence-electron chi connectivity index (χ1n) is 20.9. The molecule has 0 saturated carbocycles. The molecule has 0 aliphatic heterocycles. The van der Waals surface area contributed by atoms with Crippen molar-refractivity contribution in [2.45, 2.75) is 181 Å². The zero-order valence-electron chi connectivity index (χ0n) is 36.3. The number of unbranched alkanes of at least 4 members (excludes halogenated alkanes) is 4. The molecule has 0 aromatic heterocycles. The summed E-state index contributed by atoms with van der Waals surface area (Å²) in [6.45, 7) is 16.5. The third-order valence-corrected chi connectivity index (χ3v) is 12.1. The fourth-order valence-corrected chi connectivity index (χ4v) is 6.91. The minimum Gasteiger partial charge on any atom is -0.747 e. The first kappa shape index (κ1) is 59.8. The summed E-state index contributed by atoms with van der Waals surface area (Å²) < 4.78 is 89.1. The molecule has 17 heteroatoms. The van der Waals surface area contributed by atoms with Gasteiger partial charge in [0, 0.05) is 0 Å². The molecule has 6 unspecified atom stereocenters. The number of hydrogen-bond donors (Lipinski definition) is 0. The number of ether oxygens (including phenoxy) is 4. The quantitative estimate of drug-likeness (QED) is 0.0282. The SMILES string of the molecule is CCCCC(CC)COC(=O)CC(C(=O)OCC(CC)CCCC)S(=O)(=O)[O-].CCCCC(CC)COC(=O)CC(C(=O)OCC(CC)CCCC)S(=O)(=O)[O-].[Mg+2]. The van der Waals surface area contributed by atoms with Gasteiger partial charge in [-0.25, -0.2) is 16.8 Å². The maximum atomic E-state index is 12.1. The Hall–Kier alpha value is -1.53. The molecule has 6 atom stereocenters. The second-order valence-electron chi connectivity index (χ2n) is 14.7. The molecule has 14 nitrogen and oxygen atoms in total. The van der Waals surface area contributed by atoms with Crippen molar-refractivity contribution in [3.8, 4) is 0 Å². The number of esters is 4. The van der Waals surface area contributed by atoms with Crippen LogP contribution in [0.4, 0.5) is 0 Å². The molecule has 0 rings (SSSR count). The van der Waals surface area contributed by atoms with Crippen molar-refractivity contribution in [2.24, 2.45) is 23.7 Å². The summed E-state index contributed by atoms with van der Waals surface area (Å²) >= 11 is 0. The largest absolute Gasteiger partial charge is 2.00 e. The van der Waals surface area contributed by atoms with Crippen LogP contribution in [0.5, 0.6) is 0 Å². The van der Waals surface area contributed by atoms with E-state index >= 15 is 0 Å². The van der Waals surface area contributed by atoms with E-state index in [0.29, 0.717) is 0 Å². The summed E-state index contributed by atoms with van der Waals surface area (Å²) in [5, 5.41) is -4.11. The molecule has 0 aromatic carbocycles. The van der Waals surface area contributed by atoms with Crippen molar-refractivity contribution in [1.82, 2.24) is 0 Å². The molecule has 0 amide bonds. The molecule has 0 bridgehead atoms. The smallest absolute Gasteiger partial charge is 0.747 e. The molecular formula is C40H74MgO14S2. The fourth-order valence-electron chi connectivity index (χ4n) is 5.63. The number of carbonyl (C=O) groups is 4. The van der Waals surface area contributed by atoms with Crippen LogP contribution in [0.15, 0.2) is 0 Å². The van der Waals surface area contributed by atoms with E-state index in [1.807, 2.05) is 27.7 Å². The molecular weight excluding hydrogens is 793 g/mol. The van der Waals surface area contributed by atoms with Gasteiger partial charge in [-0.05, 0) is 49.4 Å². The van der Waals surface area contributed by atoms with Gasteiger partial charge >= 0.3 is 46.9 Å². The summed E-state index contributed by atoms with van der Waals surface area (Å²) in [5.41, 5.74) is 0. The van der Waals surface area contributed by atoms with Gasteiger partial charge in [-0.1, -0.05) is 132 Å². The molecule has 0 aromatic rings. The molecule has 57 heavy (non-hydrogen) atoms. The van der Waals surface area contributed by atoms with Crippen molar-refractivity contribution >= 4 is 67.2 Å². The number of carbonyl (C=O) groups excluding carboxylic acids is 4. The zero-order chi connectivity index (χ0) is 43.2. The van der Waals surface area contributed by atoms with Crippen LogP contribution in [0.25, 0.3) is 0 Å². The van der Waals surface area contributed by atoms with Crippen molar-refractivity contribution in [3.63, 3.8) is 0 Å². The Morgan fingerprint density at radius 1 is 0.439 bits per heavy atom. The Balaban J connectivity index is -0.00000101. The van der Waals surface area contributed by atoms with E-state index in [1.165, 1.54) is 0 Å². The van der Waals surface area contributed by atoms with Gasteiger partial charge in [-0.2, -0.15) is 0 Å². The monoisotopic (exact) mass is 866 g/mol. The van der Waals surface area contributed by atoms with Crippen LogP contribution in [-0.2, 0) is 58.4 Å². The van der Waals surface area contributed by atoms with Crippen LogP contribution < -0.4 is 0 Å². The van der Waals surface area contributed by atoms with E-state index in [1.54, 1.807) is 0 Å². The maximum absolute atomic E-state index is 12.1. The minimum absolute atomic E-state index is 0. The predicted molar refractivity (Wildman–Crippen MR) is 219 cm³/mol. The van der Waals surface area contributed by atoms with Crippen LogP contribution in [-0.4, -0.2) is 110 Å². The van der Waals surface area contributed by atoms with Crippen LogP contribution in [0.2, 0.25) is 0 Å². The number of hydrogen-bond acceptors (Lipinski definition) is 14. The Morgan fingerprint density at radius 3 is 0.860 bits per heavy atom. The van der Waals surface area contributed by atoms with Gasteiger partial charge in [-0.15, -0.1) is 0 Å². The third-order valence-electron chi connectivity index (χ3n) is 9.98. The summed E-state index contributed by atoms with van der Waals surface area (Å²) in [6.07, 6.45) is 13.2. The second-order valence-corrected chi connectivity index (χ2v) is 17.8. The van der Waals surface area contributed by atoms with Gasteiger partial charge in [-0.3, -0.25) is 19.2 Å². The first-order chi connectivity index (χ1) is 26.4. The van der Waals surface area contributed by atoms with E-state index in [0.717, 1.165) is 103 Å². The van der Waals surface area contributed by atoms with Crippen LogP contribution in [0, 0.1) is 23.7 Å². The number of rotatable bonds is 32. The van der Waals surface area contributed by atoms with Crippen molar-refractivity contribution in [1.29, 1.82) is 0 Å². The normalized spacial score (nSPS) is 14.6. The summed E-state index contributed by atoms with van der Waals surface area (Å²) in [7, 11) is -10.0. The maximum Gasteiger partial charge on any atom is 2.00 e. The standard InChI is InChI=1S/2C20H38O7S.Mg/c2*1-5-9-11-16(7-3)14-26-19(21)13-18(28(23,24)25)20(22)27-15-17(8-4)12-10-6-2;/h2*16-18H,5-15H2,1-4H3,(H,23,24,25);/q;;+2/p-2. The van der Waals surface area contributed by atoms with Gasteiger partial charge in [0.2, 0.25) is 0 Å². The Labute approximate surface area is 361 Å². The Bertz CT molecular complexity index is 1190. The molecule has 0 saturated heterocycles. The minimum atomic E-state index is -5.01. The fraction of sp³-hybridized carbons (Fsp3) is 0.900. The van der Waals surface area contributed by atoms with Gasteiger partial charge in [0.1, 0.15) is 20.2 Å². The average molecular weight is 867 g/mol. The molecule has 0 aliphatic rings. The summed E-state index contributed by atoms with van der Waals surface area (Å²) in [4.78, 5) is 48.3. The second kappa shape index (κ2) is 35.2. The van der Waals surface area contributed by atoms with E-state index in [9.17, 15) is 45.1 Å². The average Bonchev–Trinajstić information content (AvgIpc) is 3.15. The Morgan fingerprint density at radius 2 is 0.667 bits per heavy atom. The molecule has 0 fully saturated rings. The molecule has 0 radical (unpaired) electrons. The summed E-state index contributed by atoms with van der Waals surface area (Å²) in [6, 6.07) is 0. The first-order valence-corrected chi connectivity index (χ1v) is 23.9. The van der Waals surface area contributed by atoms with Gasteiger partial charge < -0.3 is 28.1 Å². The van der Waals surface area contributed by atoms with Gasteiger partial charge in [0.25, 0.3) is 0 Å².